The summed E-state index contributed by atoms with van der Waals surface area (Å²) >= 11 is 0. The van der Waals surface area contributed by atoms with Gasteiger partial charge in [0.25, 0.3) is 5.91 Å². The van der Waals surface area contributed by atoms with E-state index in [0.717, 1.165) is 0 Å². The molecule has 0 bridgehead atoms. The zero-order valence-electron chi connectivity index (χ0n) is 13.9. The SMILES string of the molecule is Cc1cc(NC(=O)CN2CCN(C(=O)c3ccccc3O)CC2)no1. The maximum atomic E-state index is 12.4. The lowest BCUT2D eigenvalue weighted by atomic mass is 10.1. The quantitative estimate of drug-likeness (QED) is 0.861. The number of nitrogens with zero attached hydrogens (tertiary/aromatic N) is 3. The van der Waals surface area contributed by atoms with Crippen molar-refractivity contribution in [1.82, 2.24) is 15.0 Å². The number of aromatic nitrogens is 1. The molecule has 25 heavy (non-hydrogen) atoms. The van der Waals surface area contributed by atoms with Crippen molar-refractivity contribution in [2.75, 3.05) is 38.0 Å². The number of phenolic OH excluding ortho intramolecular Hbond substituents is 1. The van der Waals surface area contributed by atoms with Crippen molar-refractivity contribution in [1.29, 1.82) is 0 Å². The van der Waals surface area contributed by atoms with Gasteiger partial charge in [0.1, 0.15) is 11.5 Å². The van der Waals surface area contributed by atoms with E-state index in [9.17, 15) is 14.7 Å². The van der Waals surface area contributed by atoms with Crippen molar-refractivity contribution in [3.63, 3.8) is 0 Å². The second-order valence-electron chi connectivity index (χ2n) is 5.96. The molecule has 2 aromatic rings. The van der Waals surface area contributed by atoms with Gasteiger partial charge >= 0.3 is 0 Å². The van der Waals surface area contributed by atoms with Gasteiger partial charge in [0.2, 0.25) is 5.91 Å². The number of hydrogen-bond acceptors (Lipinski definition) is 6. The van der Waals surface area contributed by atoms with Gasteiger partial charge in [-0.05, 0) is 19.1 Å². The van der Waals surface area contributed by atoms with Gasteiger partial charge in [-0.1, -0.05) is 17.3 Å². The van der Waals surface area contributed by atoms with Gasteiger partial charge in [-0.2, -0.15) is 0 Å². The number of anilines is 1. The number of aromatic hydroxyl groups is 1. The molecule has 2 N–H and O–H groups in total. The molecule has 8 heteroatoms. The van der Waals surface area contributed by atoms with Crippen LogP contribution in [0.25, 0.3) is 0 Å². The molecule has 0 unspecified atom stereocenters. The summed E-state index contributed by atoms with van der Waals surface area (Å²) in [6.45, 7) is 4.16. The number of rotatable bonds is 4. The molecule has 1 saturated heterocycles. The van der Waals surface area contributed by atoms with Gasteiger partial charge in [-0.3, -0.25) is 14.5 Å². The summed E-state index contributed by atoms with van der Waals surface area (Å²) in [6.07, 6.45) is 0. The molecular weight excluding hydrogens is 324 g/mol. The van der Waals surface area contributed by atoms with Crippen molar-refractivity contribution < 1.29 is 19.2 Å². The average Bonchev–Trinajstić information content (AvgIpc) is 3.00. The zero-order chi connectivity index (χ0) is 17.8. The van der Waals surface area contributed by atoms with Gasteiger partial charge in [-0.15, -0.1) is 0 Å². The van der Waals surface area contributed by atoms with E-state index in [1.807, 2.05) is 4.90 Å². The Kier molecular flexibility index (Phi) is 4.99. The monoisotopic (exact) mass is 344 g/mol. The number of carbonyl (C=O) groups is 2. The Hall–Kier alpha value is -2.87. The maximum Gasteiger partial charge on any atom is 0.257 e. The first-order valence-electron chi connectivity index (χ1n) is 8.06. The number of nitrogens with one attached hydrogen (secondary N) is 1. The van der Waals surface area contributed by atoms with Crippen molar-refractivity contribution in [2.45, 2.75) is 6.92 Å². The predicted molar refractivity (Wildman–Crippen MR) is 90.3 cm³/mol. The Labute approximate surface area is 145 Å². The topological polar surface area (TPSA) is 98.9 Å². The van der Waals surface area contributed by atoms with Gasteiger partial charge < -0.3 is 19.8 Å². The number of amides is 2. The van der Waals surface area contributed by atoms with Crippen LogP contribution in [0.5, 0.6) is 5.75 Å². The summed E-state index contributed by atoms with van der Waals surface area (Å²) in [7, 11) is 0. The molecule has 0 atom stereocenters. The lowest BCUT2D eigenvalue weighted by molar-refractivity contribution is -0.117. The molecule has 8 nitrogen and oxygen atoms in total. The fourth-order valence-corrected chi connectivity index (χ4v) is 2.74. The fraction of sp³-hybridized carbons (Fsp3) is 0.353. The molecule has 1 aliphatic heterocycles. The van der Waals surface area contributed by atoms with E-state index in [-0.39, 0.29) is 24.1 Å². The maximum absolute atomic E-state index is 12.4. The number of benzene rings is 1. The number of para-hydroxylation sites is 1. The van der Waals surface area contributed by atoms with Gasteiger partial charge in [0.15, 0.2) is 5.82 Å². The summed E-state index contributed by atoms with van der Waals surface area (Å²) in [5.41, 5.74) is 0.301. The lowest BCUT2D eigenvalue weighted by Crippen LogP contribution is -2.50. The summed E-state index contributed by atoms with van der Waals surface area (Å²) in [5, 5.41) is 16.2. The van der Waals surface area contributed by atoms with Crippen LogP contribution in [0.15, 0.2) is 34.9 Å². The normalized spacial score (nSPS) is 15.2. The van der Waals surface area contributed by atoms with Crippen molar-refractivity contribution >= 4 is 17.6 Å². The first-order valence-corrected chi connectivity index (χ1v) is 8.06. The molecule has 1 aliphatic rings. The van der Waals surface area contributed by atoms with Crippen molar-refractivity contribution in [3.05, 3.63) is 41.7 Å². The smallest absolute Gasteiger partial charge is 0.257 e. The van der Waals surface area contributed by atoms with Crippen LogP contribution < -0.4 is 5.32 Å². The Balaban J connectivity index is 1.49. The number of aryl methyl sites for hydroxylation is 1. The highest BCUT2D eigenvalue weighted by Crippen LogP contribution is 2.18. The molecule has 0 saturated carbocycles. The lowest BCUT2D eigenvalue weighted by Gasteiger charge is -2.34. The second-order valence-corrected chi connectivity index (χ2v) is 5.96. The fourth-order valence-electron chi connectivity index (χ4n) is 2.74. The Morgan fingerprint density at radius 3 is 2.60 bits per heavy atom. The molecule has 3 rings (SSSR count). The molecule has 1 fully saturated rings. The van der Waals surface area contributed by atoms with Crippen LogP contribution in [0.2, 0.25) is 0 Å². The largest absolute Gasteiger partial charge is 0.507 e. The minimum Gasteiger partial charge on any atom is -0.507 e. The number of hydrogen-bond donors (Lipinski definition) is 2. The molecule has 2 amide bonds. The first kappa shape index (κ1) is 17.0. The number of phenols is 1. The van der Waals surface area contributed by atoms with Crippen LogP contribution in [0, 0.1) is 6.92 Å². The van der Waals surface area contributed by atoms with Gasteiger partial charge in [0.05, 0.1) is 12.1 Å². The molecule has 1 aromatic heterocycles. The Morgan fingerprint density at radius 2 is 1.96 bits per heavy atom. The highest BCUT2D eigenvalue weighted by atomic mass is 16.5. The van der Waals surface area contributed by atoms with Crippen LogP contribution in [-0.2, 0) is 4.79 Å². The average molecular weight is 344 g/mol. The zero-order valence-corrected chi connectivity index (χ0v) is 13.9. The van der Waals surface area contributed by atoms with Crippen LogP contribution in [0.3, 0.4) is 0 Å². The third-order valence-corrected chi connectivity index (χ3v) is 4.06. The van der Waals surface area contributed by atoms with Gasteiger partial charge in [-0.25, -0.2) is 0 Å². The van der Waals surface area contributed by atoms with E-state index in [0.29, 0.717) is 43.3 Å². The summed E-state index contributed by atoms with van der Waals surface area (Å²) < 4.78 is 4.90. The van der Waals surface area contributed by atoms with Crippen molar-refractivity contribution in [3.8, 4) is 5.75 Å². The highest BCUT2D eigenvalue weighted by Gasteiger charge is 2.24. The molecule has 2 heterocycles. The third kappa shape index (κ3) is 4.16. The Bertz CT molecular complexity index is 766. The van der Waals surface area contributed by atoms with E-state index < -0.39 is 0 Å². The van der Waals surface area contributed by atoms with E-state index in [2.05, 4.69) is 10.5 Å². The summed E-state index contributed by atoms with van der Waals surface area (Å²) in [6, 6.07) is 8.16. The van der Waals surface area contributed by atoms with Crippen molar-refractivity contribution in [2.24, 2.45) is 0 Å². The number of carbonyl (C=O) groups excluding carboxylic acids is 2. The van der Waals surface area contributed by atoms with Crippen LogP contribution in [0.1, 0.15) is 16.1 Å². The predicted octanol–water partition coefficient (Wildman–Crippen LogP) is 1.09. The van der Waals surface area contributed by atoms with E-state index >= 15 is 0 Å². The van der Waals surface area contributed by atoms with E-state index in [1.165, 1.54) is 6.07 Å². The molecule has 0 spiro atoms. The summed E-state index contributed by atoms with van der Waals surface area (Å²) in [5.74, 6) is 0.647. The third-order valence-electron chi connectivity index (χ3n) is 4.06. The highest BCUT2D eigenvalue weighted by molar-refractivity contribution is 5.97. The Morgan fingerprint density at radius 1 is 1.24 bits per heavy atom. The standard InChI is InChI=1S/C17H20N4O4/c1-12-10-15(19-25-12)18-16(23)11-20-6-8-21(9-7-20)17(24)13-4-2-3-5-14(13)22/h2-5,10,22H,6-9,11H2,1H3,(H,18,19,23). The minimum atomic E-state index is -0.194. The first-order chi connectivity index (χ1) is 12.0. The second kappa shape index (κ2) is 7.35. The van der Waals surface area contributed by atoms with Gasteiger partial charge in [0, 0.05) is 32.2 Å². The molecule has 132 valence electrons. The summed E-state index contributed by atoms with van der Waals surface area (Å²) in [4.78, 5) is 28.1. The van der Waals surface area contributed by atoms with E-state index in [1.54, 1.807) is 36.1 Å². The van der Waals surface area contributed by atoms with Crippen LogP contribution >= 0.6 is 0 Å². The van der Waals surface area contributed by atoms with E-state index in [4.69, 9.17) is 4.52 Å². The van der Waals surface area contributed by atoms with Crippen LogP contribution in [-0.4, -0.2) is 64.6 Å². The molecular formula is C17H20N4O4. The minimum absolute atomic E-state index is 0.0165. The molecule has 1 aromatic carbocycles. The van der Waals surface area contributed by atoms with Crippen LogP contribution in [0.4, 0.5) is 5.82 Å². The molecule has 0 aliphatic carbocycles. The number of piperazine rings is 1. The molecule has 0 radical (unpaired) electrons.